The number of anilines is 2. The number of benzene rings is 1. The molecule has 0 aromatic heterocycles. The van der Waals surface area contributed by atoms with E-state index in [1.165, 1.54) is 0 Å². The van der Waals surface area contributed by atoms with Crippen LogP contribution in [-0.4, -0.2) is 24.4 Å². The summed E-state index contributed by atoms with van der Waals surface area (Å²) < 4.78 is 5.66. The van der Waals surface area contributed by atoms with E-state index in [2.05, 4.69) is 19.2 Å². The Kier molecular flexibility index (Phi) is 5.48. The van der Waals surface area contributed by atoms with Gasteiger partial charge in [0.25, 0.3) is 0 Å². The molecule has 0 fully saturated rings. The molecule has 0 atom stereocenters. The predicted molar refractivity (Wildman–Crippen MR) is 80.6 cm³/mol. The summed E-state index contributed by atoms with van der Waals surface area (Å²) in [5.74, 6) is 0.775. The standard InChI is InChI=1S/C15H26N2O2/c1-11(2)19-14-8-12(16)7-13(9-14)17-10-15(3,4)5-6-18/h7-9,11,17-18H,5-6,10,16H2,1-4H3. The summed E-state index contributed by atoms with van der Waals surface area (Å²) in [4.78, 5) is 0. The van der Waals surface area contributed by atoms with Gasteiger partial charge in [0.2, 0.25) is 0 Å². The molecule has 1 rings (SSSR count). The van der Waals surface area contributed by atoms with E-state index < -0.39 is 0 Å². The van der Waals surface area contributed by atoms with Crippen molar-refractivity contribution in [1.29, 1.82) is 0 Å². The monoisotopic (exact) mass is 266 g/mol. The second kappa shape index (κ2) is 6.66. The molecule has 4 nitrogen and oxygen atoms in total. The lowest BCUT2D eigenvalue weighted by Crippen LogP contribution is -2.24. The van der Waals surface area contributed by atoms with E-state index in [1.807, 2.05) is 32.0 Å². The van der Waals surface area contributed by atoms with Crippen molar-refractivity contribution in [2.45, 2.75) is 40.2 Å². The number of aliphatic hydroxyl groups is 1. The van der Waals surface area contributed by atoms with Gasteiger partial charge in [-0.05, 0) is 31.7 Å². The molecule has 1 aromatic carbocycles. The van der Waals surface area contributed by atoms with E-state index in [9.17, 15) is 0 Å². The average Bonchev–Trinajstić information content (AvgIpc) is 2.24. The Balaban J connectivity index is 2.70. The van der Waals surface area contributed by atoms with Gasteiger partial charge in [0.1, 0.15) is 5.75 Å². The molecule has 108 valence electrons. The number of hydrogen-bond acceptors (Lipinski definition) is 4. The second-order valence-electron chi connectivity index (χ2n) is 5.95. The maximum absolute atomic E-state index is 9.02. The second-order valence-corrected chi connectivity index (χ2v) is 5.95. The third-order valence-corrected chi connectivity index (χ3v) is 2.86. The van der Waals surface area contributed by atoms with Crippen molar-refractivity contribution < 1.29 is 9.84 Å². The largest absolute Gasteiger partial charge is 0.491 e. The van der Waals surface area contributed by atoms with Crippen LogP contribution < -0.4 is 15.8 Å². The molecule has 0 spiro atoms. The van der Waals surface area contributed by atoms with E-state index in [-0.39, 0.29) is 18.1 Å². The summed E-state index contributed by atoms with van der Waals surface area (Å²) in [5.41, 5.74) is 7.54. The molecule has 4 heteroatoms. The van der Waals surface area contributed by atoms with Crippen molar-refractivity contribution >= 4 is 11.4 Å². The highest BCUT2D eigenvalue weighted by atomic mass is 16.5. The lowest BCUT2D eigenvalue weighted by atomic mass is 9.89. The van der Waals surface area contributed by atoms with Crippen LogP contribution in [0.25, 0.3) is 0 Å². The number of aliphatic hydroxyl groups excluding tert-OH is 1. The molecule has 0 aliphatic heterocycles. The highest BCUT2D eigenvalue weighted by Crippen LogP contribution is 2.26. The van der Waals surface area contributed by atoms with Gasteiger partial charge in [-0.3, -0.25) is 0 Å². The zero-order chi connectivity index (χ0) is 14.5. The van der Waals surface area contributed by atoms with Crippen LogP contribution in [0, 0.1) is 5.41 Å². The van der Waals surface area contributed by atoms with E-state index in [4.69, 9.17) is 15.6 Å². The van der Waals surface area contributed by atoms with Crippen LogP contribution in [0.5, 0.6) is 5.75 Å². The van der Waals surface area contributed by atoms with Crippen molar-refractivity contribution in [3.63, 3.8) is 0 Å². The smallest absolute Gasteiger partial charge is 0.123 e. The van der Waals surface area contributed by atoms with Gasteiger partial charge in [0, 0.05) is 36.7 Å². The first-order valence-corrected chi connectivity index (χ1v) is 6.74. The number of hydrogen-bond donors (Lipinski definition) is 3. The fraction of sp³-hybridized carbons (Fsp3) is 0.600. The summed E-state index contributed by atoms with van der Waals surface area (Å²) in [5, 5.41) is 12.4. The molecule has 0 heterocycles. The van der Waals surface area contributed by atoms with Crippen LogP contribution in [0.15, 0.2) is 18.2 Å². The topological polar surface area (TPSA) is 67.5 Å². The fourth-order valence-corrected chi connectivity index (χ4v) is 1.80. The first-order valence-electron chi connectivity index (χ1n) is 6.74. The maximum atomic E-state index is 9.02. The minimum Gasteiger partial charge on any atom is -0.491 e. The Hall–Kier alpha value is -1.42. The molecule has 0 unspecified atom stereocenters. The van der Waals surface area contributed by atoms with Gasteiger partial charge >= 0.3 is 0 Å². The molecular formula is C15H26N2O2. The third-order valence-electron chi connectivity index (χ3n) is 2.86. The highest BCUT2D eigenvalue weighted by Gasteiger charge is 2.16. The van der Waals surface area contributed by atoms with Crippen LogP contribution in [0.2, 0.25) is 0 Å². The zero-order valence-electron chi connectivity index (χ0n) is 12.4. The highest BCUT2D eigenvalue weighted by molar-refractivity contribution is 5.59. The van der Waals surface area contributed by atoms with Crippen molar-refractivity contribution in [1.82, 2.24) is 0 Å². The molecule has 0 saturated carbocycles. The zero-order valence-corrected chi connectivity index (χ0v) is 12.4. The van der Waals surface area contributed by atoms with Gasteiger partial charge in [0.05, 0.1) is 6.10 Å². The van der Waals surface area contributed by atoms with Crippen molar-refractivity contribution in [2.24, 2.45) is 5.41 Å². The van der Waals surface area contributed by atoms with E-state index in [0.717, 1.165) is 24.4 Å². The van der Waals surface area contributed by atoms with Gasteiger partial charge in [-0.15, -0.1) is 0 Å². The lowest BCUT2D eigenvalue weighted by molar-refractivity contribution is 0.220. The number of nitrogen functional groups attached to an aromatic ring is 1. The van der Waals surface area contributed by atoms with E-state index in [1.54, 1.807) is 0 Å². The quantitative estimate of drug-likeness (QED) is 0.664. The van der Waals surface area contributed by atoms with Crippen molar-refractivity contribution in [3.8, 4) is 5.75 Å². The number of ether oxygens (including phenoxy) is 1. The first-order chi connectivity index (χ1) is 8.82. The van der Waals surface area contributed by atoms with Crippen molar-refractivity contribution in [2.75, 3.05) is 24.2 Å². The molecule has 1 aromatic rings. The molecule has 0 radical (unpaired) electrons. The summed E-state index contributed by atoms with van der Waals surface area (Å²) >= 11 is 0. The molecule has 0 saturated heterocycles. The first kappa shape index (κ1) is 15.6. The van der Waals surface area contributed by atoms with Crippen LogP contribution in [-0.2, 0) is 0 Å². The number of nitrogens with one attached hydrogen (secondary N) is 1. The van der Waals surface area contributed by atoms with Gasteiger partial charge in [-0.25, -0.2) is 0 Å². The van der Waals surface area contributed by atoms with E-state index in [0.29, 0.717) is 5.69 Å². The molecule has 0 bridgehead atoms. The minimum atomic E-state index is 0.0401. The molecule has 0 aliphatic carbocycles. The van der Waals surface area contributed by atoms with Crippen LogP contribution in [0.3, 0.4) is 0 Å². The summed E-state index contributed by atoms with van der Waals surface area (Å²) in [7, 11) is 0. The Morgan fingerprint density at radius 1 is 1.32 bits per heavy atom. The Morgan fingerprint density at radius 3 is 2.58 bits per heavy atom. The van der Waals surface area contributed by atoms with Gasteiger partial charge in [0.15, 0.2) is 0 Å². The molecule has 4 N–H and O–H groups in total. The Labute approximate surface area is 116 Å². The van der Waals surface area contributed by atoms with Crippen LogP contribution >= 0.6 is 0 Å². The Bertz CT molecular complexity index is 403. The molecule has 0 amide bonds. The van der Waals surface area contributed by atoms with Gasteiger partial charge in [-0.2, -0.15) is 0 Å². The Morgan fingerprint density at radius 2 is 2.00 bits per heavy atom. The molecular weight excluding hydrogens is 240 g/mol. The SMILES string of the molecule is CC(C)Oc1cc(N)cc(NCC(C)(C)CCO)c1. The maximum Gasteiger partial charge on any atom is 0.123 e. The van der Waals surface area contributed by atoms with Crippen LogP contribution in [0.1, 0.15) is 34.1 Å². The summed E-state index contributed by atoms with van der Waals surface area (Å²) in [6, 6.07) is 5.66. The van der Waals surface area contributed by atoms with Gasteiger partial charge < -0.3 is 20.9 Å². The fourth-order valence-electron chi connectivity index (χ4n) is 1.80. The minimum absolute atomic E-state index is 0.0401. The summed E-state index contributed by atoms with van der Waals surface area (Å²) in [6.45, 7) is 9.19. The average molecular weight is 266 g/mol. The number of nitrogens with two attached hydrogens (primary N) is 1. The predicted octanol–water partition coefficient (Wildman–Crippen LogP) is 2.88. The van der Waals surface area contributed by atoms with E-state index >= 15 is 0 Å². The number of rotatable bonds is 7. The molecule has 0 aliphatic rings. The van der Waals surface area contributed by atoms with Crippen LogP contribution in [0.4, 0.5) is 11.4 Å². The third kappa shape index (κ3) is 5.83. The lowest BCUT2D eigenvalue weighted by Gasteiger charge is -2.25. The summed E-state index contributed by atoms with van der Waals surface area (Å²) in [6.07, 6.45) is 0.887. The van der Waals surface area contributed by atoms with Gasteiger partial charge in [-0.1, -0.05) is 13.8 Å². The van der Waals surface area contributed by atoms with Crippen molar-refractivity contribution in [3.05, 3.63) is 18.2 Å². The molecule has 19 heavy (non-hydrogen) atoms. The normalized spacial score (nSPS) is 11.7.